The van der Waals surface area contributed by atoms with Gasteiger partial charge in [-0.3, -0.25) is 4.79 Å². The molecule has 0 aromatic heterocycles. The summed E-state index contributed by atoms with van der Waals surface area (Å²) < 4.78 is 5.29. The lowest BCUT2D eigenvalue weighted by Crippen LogP contribution is -2.51. The van der Waals surface area contributed by atoms with E-state index in [2.05, 4.69) is 17.2 Å². The summed E-state index contributed by atoms with van der Waals surface area (Å²) in [4.78, 5) is 24.1. The summed E-state index contributed by atoms with van der Waals surface area (Å²) >= 11 is 6.00. The molecule has 0 saturated carbocycles. The Kier molecular flexibility index (Phi) is 5.44. The summed E-state index contributed by atoms with van der Waals surface area (Å²) in [5.41, 5.74) is 1.07. The average molecular weight is 323 g/mol. The first-order valence-corrected chi connectivity index (χ1v) is 7.59. The van der Waals surface area contributed by atoms with Crippen LogP contribution in [0.15, 0.2) is 36.5 Å². The van der Waals surface area contributed by atoms with E-state index in [1.807, 2.05) is 13.0 Å². The second kappa shape index (κ2) is 7.31. The van der Waals surface area contributed by atoms with E-state index in [-0.39, 0.29) is 0 Å². The Morgan fingerprint density at radius 1 is 1.45 bits per heavy atom. The van der Waals surface area contributed by atoms with Gasteiger partial charge in [0.25, 0.3) is 0 Å². The standard InChI is InChI=1S/C16H19ClN2O3/c1-3-4-8-22-15(20)13-10(2)18-16(21)19-14(13)11-6-5-7-12(17)9-11/h5-7,9,13-14H,2-4,8H2,1H3,(H2,18,19,21)/t13-,14+/m0/s1. The van der Waals surface area contributed by atoms with Crippen molar-refractivity contribution < 1.29 is 14.3 Å². The van der Waals surface area contributed by atoms with Gasteiger partial charge in [0.05, 0.1) is 12.6 Å². The number of nitrogens with one attached hydrogen (secondary N) is 2. The normalized spacial score (nSPS) is 21.0. The average Bonchev–Trinajstić information content (AvgIpc) is 2.46. The highest BCUT2D eigenvalue weighted by atomic mass is 35.5. The van der Waals surface area contributed by atoms with Crippen LogP contribution < -0.4 is 10.6 Å². The Balaban J connectivity index is 2.24. The molecular weight excluding hydrogens is 304 g/mol. The van der Waals surface area contributed by atoms with E-state index in [0.29, 0.717) is 17.3 Å². The molecule has 1 saturated heterocycles. The number of urea groups is 1. The van der Waals surface area contributed by atoms with Crippen LogP contribution in [0.5, 0.6) is 0 Å². The number of rotatable bonds is 5. The fourth-order valence-corrected chi connectivity index (χ4v) is 2.55. The molecule has 0 bridgehead atoms. The summed E-state index contributed by atoms with van der Waals surface area (Å²) in [6, 6.07) is 6.09. The van der Waals surface area contributed by atoms with Crippen molar-refractivity contribution in [2.24, 2.45) is 5.92 Å². The van der Waals surface area contributed by atoms with Gasteiger partial charge in [-0.05, 0) is 24.1 Å². The molecule has 22 heavy (non-hydrogen) atoms. The summed E-state index contributed by atoms with van der Waals surface area (Å²) in [7, 11) is 0. The second-order valence-corrected chi connectivity index (χ2v) is 5.59. The SMILES string of the molecule is C=C1NC(=O)N[C@H](c2cccc(Cl)c2)[C@H]1C(=O)OCCCC. The van der Waals surface area contributed by atoms with Crippen LogP contribution in [0.2, 0.25) is 5.02 Å². The quantitative estimate of drug-likeness (QED) is 0.646. The van der Waals surface area contributed by atoms with E-state index in [0.717, 1.165) is 18.4 Å². The van der Waals surface area contributed by atoms with Crippen LogP contribution >= 0.6 is 11.6 Å². The summed E-state index contributed by atoms with van der Waals surface area (Å²) in [6.45, 7) is 6.16. The Bertz CT molecular complexity index is 589. The van der Waals surface area contributed by atoms with Gasteiger partial charge in [0, 0.05) is 10.7 Å². The van der Waals surface area contributed by atoms with E-state index in [9.17, 15) is 9.59 Å². The highest BCUT2D eigenvalue weighted by Crippen LogP contribution is 2.31. The largest absolute Gasteiger partial charge is 0.465 e. The fourth-order valence-electron chi connectivity index (χ4n) is 2.35. The number of carbonyl (C=O) groups excluding carboxylic acids is 2. The van der Waals surface area contributed by atoms with Gasteiger partial charge in [0.2, 0.25) is 0 Å². The van der Waals surface area contributed by atoms with Crippen LogP contribution in [0.1, 0.15) is 31.4 Å². The van der Waals surface area contributed by atoms with E-state index in [1.54, 1.807) is 18.2 Å². The molecule has 2 atom stereocenters. The number of amides is 2. The first-order valence-electron chi connectivity index (χ1n) is 7.21. The van der Waals surface area contributed by atoms with Crippen molar-refractivity contribution in [3.63, 3.8) is 0 Å². The molecule has 1 aliphatic heterocycles. The Hall–Kier alpha value is -2.01. The van der Waals surface area contributed by atoms with Crippen molar-refractivity contribution in [1.82, 2.24) is 10.6 Å². The third-order valence-electron chi connectivity index (χ3n) is 3.47. The van der Waals surface area contributed by atoms with E-state index in [1.165, 1.54) is 0 Å². The lowest BCUT2D eigenvalue weighted by Gasteiger charge is -2.33. The zero-order valence-corrected chi connectivity index (χ0v) is 13.2. The molecule has 1 fully saturated rings. The van der Waals surface area contributed by atoms with Crippen molar-refractivity contribution in [2.45, 2.75) is 25.8 Å². The third-order valence-corrected chi connectivity index (χ3v) is 3.71. The maximum absolute atomic E-state index is 12.4. The predicted octanol–water partition coefficient (Wildman–Crippen LogP) is 3.17. The number of hydrogen-bond donors (Lipinski definition) is 2. The van der Waals surface area contributed by atoms with Gasteiger partial charge in [0.15, 0.2) is 0 Å². The number of hydrogen-bond acceptors (Lipinski definition) is 3. The van der Waals surface area contributed by atoms with Crippen molar-refractivity contribution in [3.8, 4) is 0 Å². The number of carbonyl (C=O) groups is 2. The zero-order chi connectivity index (χ0) is 16.1. The molecule has 0 spiro atoms. The Morgan fingerprint density at radius 3 is 2.91 bits per heavy atom. The monoisotopic (exact) mass is 322 g/mol. The molecule has 2 rings (SSSR count). The molecule has 0 radical (unpaired) electrons. The van der Waals surface area contributed by atoms with Crippen LogP contribution in [0.4, 0.5) is 4.79 Å². The summed E-state index contributed by atoms with van der Waals surface area (Å²) in [5.74, 6) is -1.09. The van der Waals surface area contributed by atoms with Crippen LogP contribution in [0.25, 0.3) is 0 Å². The number of esters is 1. The summed E-state index contributed by atoms with van der Waals surface area (Å²) in [5, 5.41) is 5.81. The smallest absolute Gasteiger partial charge is 0.319 e. The lowest BCUT2D eigenvalue weighted by molar-refractivity contribution is -0.148. The number of halogens is 1. The van der Waals surface area contributed by atoms with Gasteiger partial charge >= 0.3 is 12.0 Å². The maximum Gasteiger partial charge on any atom is 0.319 e. The number of benzene rings is 1. The van der Waals surface area contributed by atoms with Crippen LogP contribution in [-0.2, 0) is 9.53 Å². The van der Waals surface area contributed by atoms with Gasteiger partial charge in [-0.2, -0.15) is 0 Å². The first kappa shape index (κ1) is 16.4. The van der Waals surface area contributed by atoms with Gasteiger partial charge in [0.1, 0.15) is 5.92 Å². The van der Waals surface area contributed by atoms with Gasteiger partial charge in [-0.15, -0.1) is 0 Å². The Morgan fingerprint density at radius 2 is 2.23 bits per heavy atom. The molecule has 2 N–H and O–H groups in total. The highest BCUT2D eigenvalue weighted by Gasteiger charge is 2.38. The first-order chi connectivity index (χ1) is 10.5. The molecule has 1 aromatic carbocycles. The van der Waals surface area contributed by atoms with Crippen LogP contribution in [-0.4, -0.2) is 18.6 Å². The van der Waals surface area contributed by atoms with Crippen LogP contribution in [0, 0.1) is 5.92 Å². The third kappa shape index (κ3) is 3.80. The topological polar surface area (TPSA) is 67.4 Å². The molecule has 118 valence electrons. The molecule has 6 heteroatoms. The minimum Gasteiger partial charge on any atom is -0.465 e. The number of unbranched alkanes of at least 4 members (excludes halogenated alkanes) is 1. The van der Waals surface area contributed by atoms with E-state index < -0.39 is 24.0 Å². The van der Waals surface area contributed by atoms with Crippen LogP contribution in [0.3, 0.4) is 0 Å². The molecule has 1 aliphatic rings. The molecule has 0 unspecified atom stereocenters. The second-order valence-electron chi connectivity index (χ2n) is 5.16. The lowest BCUT2D eigenvalue weighted by atomic mass is 9.89. The minimum absolute atomic E-state index is 0.329. The minimum atomic E-state index is -0.687. The van der Waals surface area contributed by atoms with E-state index in [4.69, 9.17) is 16.3 Å². The van der Waals surface area contributed by atoms with Gasteiger partial charge in [-0.1, -0.05) is 43.7 Å². The number of ether oxygens (including phenoxy) is 1. The van der Waals surface area contributed by atoms with E-state index >= 15 is 0 Å². The Labute approximate surface area is 134 Å². The van der Waals surface area contributed by atoms with Crippen molar-refractivity contribution in [1.29, 1.82) is 0 Å². The molecule has 2 amide bonds. The van der Waals surface area contributed by atoms with Gasteiger partial charge < -0.3 is 15.4 Å². The molecule has 5 nitrogen and oxygen atoms in total. The fraction of sp³-hybridized carbons (Fsp3) is 0.375. The predicted molar refractivity (Wildman–Crippen MR) is 84.4 cm³/mol. The van der Waals surface area contributed by atoms with Crippen molar-refractivity contribution in [3.05, 3.63) is 47.1 Å². The van der Waals surface area contributed by atoms with Crippen molar-refractivity contribution in [2.75, 3.05) is 6.61 Å². The van der Waals surface area contributed by atoms with Crippen molar-refractivity contribution >= 4 is 23.6 Å². The molecular formula is C16H19ClN2O3. The molecule has 1 heterocycles. The maximum atomic E-state index is 12.4. The molecule has 1 aromatic rings. The van der Waals surface area contributed by atoms with Gasteiger partial charge in [-0.25, -0.2) is 4.79 Å². The highest BCUT2D eigenvalue weighted by molar-refractivity contribution is 6.30. The molecule has 0 aliphatic carbocycles. The zero-order valence-electron chi connectivity index (χ0n) is 12.4. The summed E-state index contributed by atoms with van der Waals surface area (Å²) in [6.07, 6.45) is 1.73.